The third-order valence-corrected chi connectivity index (χ3v) is 2.60. The van der Waals surface area contributed by atoms with Gasteiger partial charge in [0.25, 0.3) is 0 Å². The summed E-state index contributed by atoms with van der Waals surface area (Å²) in [6, 6.07) is 0. The molecule has 0 bridgehead atoms. The van der Waals surface area contributed by atoms with Crippen molar-refractivity contribution in [2.24, 2.45) is 4.99 Å². The fourth-order valence-electron chi connectivity index (χ4n) is 1.34. The first kappa shape index (κ1) is 10.1. The van der Waals surface area contributed by atoms with Gasteiger partial charge >= 0.3 is 0 Å². The molecule has 0 saturated carbocycles. The normalized spacial score (nSPS) is 33.2. The number of nitrogens with zero attached hydrogens (tertiary/aromatic N) is 2. The lowest BCUT2D eigenvalue weighted by Gasteiger charge is -2.36. The van der Waals surface area contributed by atoms with Crippen LogP contribution in [0.15, 0.2) is 4.99 Å². The summed E-state index contributed by atoms with van der Waals surface area (Å²) in [4.78, 5) is 14.6. The number of hydrogen-bond acceptors (Lipinski definition) is 5. The van der Waals surface area contributed by atoms with E-state index in [1.165, 1.54) is 6.92 Å². The van der Waals surface area contributed by atoms with Crippen molar-refractivity contribution in [2.75, 3.05) is 0 Å². The molecule has 0 aromatic carbocycles. The molecule has 5 nitrogen and oxygen atoms in total. The van der Waals surface area contributed by atoms with Crippen molar-refractivity contribution in [3.05, 3.63) is 0 Å². The van der Waals surface area contributed by atoms with Gasteiger partial charge in [0.1, 0.15) is 0 Å². The average Bonchev–Trinajstić information content (AvgIpc) is 2.14. The van der Waals surface area contributed by atoms with E-state index in [0.717, 1.165) is 0 Å². The topological polar surface area (TPSA) is 76.0 Å². The molecule has 74 valence electrons. The third kappa shape index (κ3) is 1.15. The molecule has 0 spiro atoms. The van der Waals surface area contributed by atoms with Gasteiger partial charge in [0.2, 0.25) is 0 Å². The van der Waals surface area contributed by atoms with Crippen LogP contribution in [0.2, 0.25) is 0 Å². The van der Waals surface area contributed by atoms with Crippen molar-refractivity contribution in [1.29, 1.82) is 0 Å². The molecule has 0 aliphatic carbocycles. The Bertz CT molecular complexity index is 285. The van der Waals surface area contributed by atoms with Gasteiger partial charge in [0.15, 0.2) is 5.66 Å². The second-order valence-electron chi connectivity index (χ2n) is 3.88. The summed E-state index contributed by atoms with van der Waals surface area (Å²) in [5.74, 6) is -1.40. The van der Waals surface area contributed by atoms with Crippen LogP contribution >= 0.6 is 0 Å². The van der Waals surface area contributed by atoms with Crippen molar-refractivity contribution in [3.8, 4) is 0 Å². The number of carbonyl (C=O) groups is 1. The van der Waals surface area contributed by atoms with Gasteiger partial charge in [-0.05, 0) is 27.7 Å². The van der Waals surface area contributed by atoms with Crippen LogP contribution in [0, 0.1) is 0 Å². The van der Waals surface area contributed by atoms with Crippen LogP contribution in [0.4, 0.5) is 0 Å². The van der Waals surface area contributed by atoms with Gasteiger partial charge in [-0.2, -0.15) is 0 Å². The minimum atomic E-state index is -1.66. The van der Waals surface area contributed by atoms with E-state index in [4.69, 9.17) is 0 Å². The molecule has 1 rings (SSSR count). The molecule has 1 atom stereocenters. The molecule has 0 aromatic rings. The lowest BCUT2D eigenvalue weighted by molar-refractivity contribution is -0.332. The molecule has 1 heterocycles. The maximum Gasteiger partial charge on any atom is 0.172 e. The van der Waals surface area contributed by atoms with Crippen LogP contribution in [-0.2, 0) is 4.79 Å². The average molecular weight is 185 g/mol. The number of aliphatic imine (C=N–C) groups is 1. The number of carboxylic acids is 1. The van der Waals surface area contributed by atoms with Gasteiger partial charge in [-0.25, -0.2) is 0 Å². The maximum atomic E-state index is 10.7. The minimum Gasteiger partial charge on any atom is -0.546 e. The zero-order valence-corrected chi connectivity index (χ0v) is 8.16. The standard InChI is InChI=1S/C8H14N2O3/c1-5-7(2,3)10(13)8(4,9-5)6(11)12/h13H,1-4H3,(H,11,12)/p-1. The number of carboxylic acid groups (broad SMARTS) is 1. The van der Waals surface area contributed by atoms with Crippen LogP contribution in [0.5, 0.6) is 0 Å². The number of rotatable bonds is 1. The van der Waals surface area contributed by atoms with E-state index >= 15 is 0 Å². The summed E-state index contributed by atoms with van der Waals surface area (Å²) in [5.41, 5.74) is -1.84. The molecule has 0 amide bonds. The molecule has 0 saturated heterocycles. The summed E-state index contributed by atoms with van der Waals surface area (Å²) < 4.78 is 0. The van der Waals surface area contributed by atoms with Crippen molar-refractivity contribution >= 4 is 11.7 Å². The summed E-state index contributed by atoms with van der Waals surface area (Å²) in [6.45, 7) is 6.37. The van der Waals surface area contributed by atoms with Gasteiger partial charge in [0.05, 0.1) is 11.5 Å². The van der Waals surface area contributed by atoms with Gasteiger partial charge in [-0.1, -0.05) is 0 Å². The first-order chi connectivity index (χ1) is 5.73. The summed E-state index contributed by atoms with van der Waals surface area (Å²) in [5, 5.41) is 21.1. The van der Waals surface area contributed by atoms with Crippen LogP contribution in [-0.4, -0.2) is 33.2 Å². The second kappa shape index (κ2) is 2.52. The molecule has 0 radical (unpaired) electrons. The highest BCUT2D eigenvalue weighted by Crippen LogP contribution is 2.32. The van der Waals surface area contributed by atoms with Crippen molar-refractivity contribution in [2.45, 2.75) is 38.9 Å². The van der Waals surface area contributed by atoms with E-state index in [1.54, 1.807) is 20.8 Å². The molecule has 1 unspecified atom stereocenters. The lowest BCUT2D eigenvalue weighted by Crippen LogP contribution is -2.58. The molecular weight excluding hydrogens is 172 g/mol. The fourth-order valence-corrected chi connectivity index (χ4v) is 1.34. The van der Waals surface area contributed by atoms with Gasteiger partial charge in [0, 0.05) is 5.71 Å². The highest BCUT2D eigenvalue weighted by molar-refractivity contribution is 5.96. The third-order valence-electron chi connectivity index (χ3n) is 2.60. The molecule has 5 heteroatoms. The zero-order chi connectivity index (χ0) is 10.4. The Balaban J connectivity index is 3.17. The van der Waals surface area contributed by atoms with Gasteiger partial charge in [-0.15, -0.1) is 5.06 Å². The Morgan fingerprint density at radius 3 is 2.15 bits per heavy atom. The Morgan fingerprint density at radius 1 is 1.54 bits per heavy atom. The molecule has 1 N–H and O–H groups in total. The quantitative estimate of drug-likeness (QED) is 0.591. The predicted octanol–water partition coefficient (Wildman–Crippen LogP) is -0.603. The SMILES string of the molecule is CC1=NC(C)(C(=O)[O-])N(O)C1(C)C. The zero-order valence-electron chi connectivity index (χ0n) is 8.16. The Hall–Kier alpha value is -0.940. The van der Waals surface area contributed by atoms with Gasteiger partial charge < -0.3 is 15.1 Å². The predicted molar refractivity (Wildman–Crippen MR) is 44.2 cm³/mol. The minimum absolute atomic E-state index is 0.571. The lowest BCUT2D eigenvalue weighted by atomic mass is 10.00. The van der Waals surface area contributed by atoms with Crippen LogP contribution in [0.25, 0.3) is 0 Å². The van der Waals surface area contributed by atoms with Crippen molar-refractivity contribution < 1.29 is 15.1 Å². The Morgan fingerprint density at radius 2 is 2.00 bits per heavy atom. The molecule has 1 aliphatic heterocycles. The van der Waals surface area contributed by atoms with E-state index in [-0.39, 0.29) is 0 Å². The van der Waals surface area contributed by atoms with Crippen LogP contribution in [0.3, 0.4) is 0 Å². The number of carbonyl (C=O) groups excluding carboxylic acids is 1. The molecule has 0 fully saturated rings. The van der Waals surface area contributed by atoms with Crippen LogP contribution < -0.4 is 5.11 Å². The maximum absolute atomic E-state index is 10.7. The molecule has 1 aliphatic rings. The van der Waals surface area contributed by atoms with Crippen molar-refractivity contribution in [1.82, 2.24) is 5.06 Å². The number of aliphatic carboxylic acids is 1. The Kier molecular flexibility index (Phi) is 1.97. The summed E-state index contributed by atoms with van der Waals surface area (Å²) in [6.07, 6.45) is 0. The largest absolute Gasteiger partial charge is 0.546 e. The van der Waals surface area contributed by atoms with Crippen molar-refractivity contribution in [3.63, 3.8) is 0 Å². The number of hydroxylamine groups is 2. The van der Waals surface area contributed by atoms with Crippen LogP contribution in [0.1, 0.15) is 27.7 Å². The first-order valence-corrected chi connectivity index (χ1v) is 4.00. The highest BCUT2D eigenvalue weighted by Gasteiger charge is 2.48. The monoisotopic (exact) mass is 185 g/mol. The van der Waals surface area contributed by atoms with E-state index < -0.39 is 17.2 Å². The second-order valence-corrected chi connectivity index (χ2v) is 3.88. The number of hydrogen-bond donors (Lipinski definition) is 1. The van der Waals surface area contributed by atoms with E-state index in [2.05, 4.69) is 4.99 Å². The molecule has 13 heavy (non-hydrogen) atoms. The summed E-state index contributed by atoms with van der Waals surface area (Å²) >= 11 is 0. The Labute approximate surface area is 76.6 Å². The van der Waals surface area contributed by atoms with E-state index in [0.29, 0.717) is 10.8 Å². The van der Waals surface area contributed by atoms with Gasteiger partial charge in [-0.3, -0.25) is 4.99 Å². The fraction of sp³-hybridized carbons (Fsp3) is 0.750. The smallest absolute Gasteiger partial charge is 0.172 e. The first-order valence-electron chi connectivity index (χ1n) is 4.00. The molecular formula is C8H13N2O3-. The highest BCUT2D eigenvalue weighted by atomic mass is 16.5. The van der Waals surface area contributed by atoms with E-state index in [9.17, 15) is 15.1 Å². The summed E-state index contributed by atoms with van der Waals surface area (Å²) in [7, 11) is 0. The van der Waals surface area contributed by atoms with E-state index in [1.807, 2.05) is 0 Å². The molecule has 0 aromatic heterocycles.